The van der Waals surface area contributed by atoms with Crippen LogP contribution in [0.5, 0.6) is 11.5 Å². The number of carbonyl (C=O) groups is 3. The number of ether oxygens (including phenoxy) is 3. The summed E-state index contributed by atoms with van der Waals surface area (Å²) in [6.45, 7) is 3.76. The molecule has 2 fully saturated rings. The molecule has 3 amide bonds. The van der Waals surface area contributed by atoms with Gasteiger partial charge >= 0.3 is 12.0 Å². The molecule has 2 saturated heterocycles. The first-order valence-electron chi connectivity index (χ1n) is 10.6. The van der Waals surface area contributed by atoms with E-state index in [1.165, 1.54) is 4.90 Å². The summed E-state index contributed by atoms with van der Waals surface area (Å²) in [5.74, 6) is -0.991. The molecule has 4 atom stereocenters. The van der Waals surface area contributed by atoms with Crippen LogP contribution in [0.25, 0.3) is 0 Å². The summed E-state index contributed by atoms with van der Waals surface area (Å²) in [5.41, 5.74) is -0.171. The second-order valence-corrected chi connectivity index (χ2v) is 8.33. The summed E-state index contributed by atoms with van der Waals surface area (Å²) in [6.07, 6.45) is 0. The maximum absolute atomic E-state index is 13.8. The fourth-order valence-corrected chi connectivity index (χ4v) is 5.40. The summed E-state index contributed by atoms with van der Waals surface area (Å²) >= 11 is 0. The minimum absolute atomic E-state index is 0.183. The quantitative estimate of drug-likeness (QED) is 0.541. The minimum Gasteiger partial charge on any atom is -0.497 e. The third-order valence-electron chi connectivity index (χ3n) is 6.78. The Balaban J connectivity index is 1.67. The molecule has 0 bridgehead atoms. The van der Waals surface area contributed by atoms with Gasteiger partial charge in [0, 0.05) is 17.5 Å². The van der Waals surface area contributed by atoms with E-state index < -0.39 is 41.3 Å². The van der Waals surface area contributed by atoms with E-state index in [1.807, 2.05) is 12.1 Å². The molecule has 0 unspecified atom stereocenters. The van der Waals surface area contributed by atoms with Gasteiger partial charge in [-0.05, 0) is 38.1 Å². The highest BCUT2D eigenvalue weighted by Gasteiger charge is 2.72. The summed E-state index contributed by atoms with van der Waals surface area (Å²) in [7, 11) is 1.57. The van der Waals surface area contributed by atoms with E-state index in [9.17, 15) is 14.4 Å². The highest BCUT2D eigenvalue weighted by Crippen LogP contribution is 2.58. The molecular weight excluding hydrogens is 412 g/mol. The SMILES string of the molecule is CCOC(=O)[C@@H]1[C@H]2COc3cc(OC)ccc3[C@@H]2N2C(=O)N(c3ccccc3)C(=O)[C@]12C. The van der Waals surface area contributed by atoms with Gasteiger partial charge in [-0.1, -0.05) is 18.2 Å². The van der Waals surface area contributed by atoms with Gasteiger partial charge in [-0.15, -0.1) is 0 Å². The van der Waals surface area contributed by atoms with Crippen LogP contribution in [-0.2, 0) is 14.3 Å². The van der Waals surface area contributed by atoms with Crippen LogP contribution < -0.4 is 14.4 Å². The van der Waals surface area contributed by atoms with Gasteiger partial charge in [0.15, 0.2) is 0 Å². The van der Waals surface area contributed by atoms with Crippen molar-refractivity contribution in [2.45, 2.75) is 25.4 Å². The van der Waals surface area contributed by atoms with Crippen LogP contribution >= 0.6 is 0 Å². The smallest absolute Gasteiger partial charge is 0.332 e. The number of benzene rings is 2. The summed E-state index contributed by atoms with van der Waals surface area (Å²) in [4.78, 5) is 43.4. The van der Waals surface area contributed by atoms with Crippen LogP contribution in [0, 0.1) is 11.8 Å². The molecule has 8 nitrogen and oxygen atoms in total. The largest absolute Gasteiger partial charge is 0.497 e. The van der Waals surface area contributed by atoms with Crippen molar-refractivity contribution in [1.82, 2.24) is 4.90 Å². The molecule has 5 rings (SSSR count). The lowest BCUT2D eigenvalue weighted by Crippen LogP contribution is -2.51. The molecule has 0 aliphatic carbocycles. The van der Waals surface area contributed by atoms with Crippen molar-refractivity contribution < 1.29 is 28.6 Å². The molecule has 3 aliphatic heterocycles. The van der Waals surface area contributed by atoms with Gasteiger partial charge < -0.3 is 19.1 Å². The predicted octanol–water partition coefficient (Wildman–Crippen LogP) is 3.17. The third-order valence-corrected chi connectivity index (χ3v) is 6.78. The van der Waals surface area contributed by atoms with E-state index in [0.29, 0.717) is 17.2 Å². The number of esters is 1. The number of anilines is 1. The molecule has 0 N–H and O–H groups in total. The molecule has 3 heterocycles. The summed E-state index contributed by atoms with van der Waals surface area (Å²) < 4.78 is 16.7. The zero-order chi connectivity index (χ0) is 22.6. The molecule has 0 aromatic heterocycles. The molecule has 2 aromatic rings. The molecule has 166 valence electrons. The Kier molecular flexibility index (Phi) is 4.62. The molecule has 0 radical (unpaired) electrons. The number of rotatable bonds is 4. The number of methoxy groups -OCH3 is 1. The normalized spacial score (nSPS) is 28.0. The number of nitrogens with zero attached hydrogens (tertiary/aromatic N) is 2. The van der Waals surface area contributed by atoms with Crippen LogP contribution in [0.2, 0.25) is 0 Å². The zero-order valence-electron chi connectivity index (χ0n) is 18.1. The predicted molar refractivity (Wildman–Crippen MR) is 114 cm³/mol. The average Bonchev–Trinajstić information content (AvgIpc) is 3.19. The highest BCUT2D eigenvalue weighted by molar-refractivity contribution is 6.24. The van der Waals surface area contributed by atoms with Crippen molar-refractivity contribution in [3.63, 3.8) is 0 Å². The number of imide groups is 1. The zero-order valence-corrected chi connectivity index (χ0v) is 18.1. The van der Waals surface area contributed by atoms with Gasteiger partial charge in [0.05, 0.1) is 38.0 Å². The summed E-state index contributed by atoms with van der Waals surface area (Å²) in [5, 5.41) is 0. The Morgan fingerprint density at radius 3 is 2.62 bits per heavy atom. The second kappa shape index (κ2) is 7.25. The third kappa shape index (κ3) is 2.58. The number of urea groups is 1. The number of hydrogen-bond donors (Lipinski definition) is 0. The lowest BCUT2D eigenvalue weighted by Gasteiger charge is -2.34. The van der Waals surface area contributed by atoms with Gasteiger partial charge in [0.2, 0.25) is 0 Å². The van der Waals surface area contributed by atoms with Gasteiger partial charge in [-0.25, -0.2) is 9.69 Å². The number of hydrogen-bond acceptors (Lipinski definition) is 6. The highest BCUT2D eigenvalue weighted by atomic mass is 16.5. The fraction of sp³-hybridized carbons (Fsp3) is 0.375. The Labute approximate surface area is 185 Å². The number of fused-ring (bicyclic) bond motifs is 5. The Morgan fingerprint density at radius 2 is 1.94 bits per heavy atom. The Hall–Kier alpha value is -3.55. The van der Waals surface area contributed by atoms with Crippen molar-refractivity contribution in [2.24, 2.45) is 11.8 Å². The van der Waals surface area contributed by atoms with E-state index in [0.717, 1.165) is 5.56 Å². The van der Waals surface area contributed by atoms with Crippen LogP contribution in [0.1, 0.15) is 25.5 Å². The van der Waals surface area contributed by atoms with Gasteiger partial charge in [0.1, 0.15) is 17.0 Å². The first kappa shape index (κ1) is 20.4. The molecule has 2 aromatic carbocycles. The molecule has 3 aliphatic rings. The van der Waals surface area contributed by atoms with Crippen molar-refractivity contribution in [2.75, 3.05) is 25.2 Å². The minimum atomic E-state index is -1.39. The molecule has 0 saturated carbocycles. The first-order chi connectivity index (χ1) is 15.4. The Bertz CT molecular complexity index is 1100. The standard InChI is InChI=1S/C24H24N2O6/c1-4-31-21(27)19-17-13-32-18-12-15(30-3)10-11-16(18)20(17)26-23(29)25(22(28)24(19,26)2)14-8-6-5-7-9-14/h5-12,17,19-20H,4,13H2,1-3H3/t17-,19+,20+,24+/m1/s1. The maximum atomic E-state index is 13.8. The fourth-order valence-electron chi connectivity index (χ4n) is 5.40. The van der Waals surface area contributed by atoms with Crippen molar-refractivity contribution in [1.29, 1.82) is 0 Å². The van der Waals surface area contributed by atoms with E-state index in [2.05, 4.69) is 0 Å². The van der Waals surface area contributed by atoms with Crippen LogP contribution in [0.3, 0.4) is 0 Å². The van der Waals surface area contributed by atoms with Gasteiger partial charge in [-0.3, -0.25) is 9.59 Å². The van der Waals surface area contributed by atoms with Crippen molar-refractivity contribution in [3.05, 3.63) is 54.1 Å². The molecule has 8 heteroatoms. The molecule has 32 heavy (non-hydrogen) atoms. The molecular formula is C24H24N2O6. The van der Waals surface area contributed by atoms with E-state index >= 15 is 0 Å². The Morgan fingerprint density at radius 1 is 1.19 bits per heavy atom. The maximum Gasteiger partial charge on any atom is 0.332 e. The topological polar surface area (TPSA) is 85.4 Å². The summed E-state index contributed by atoms with van der Waals surface area (Å²) in [6, 6.07) is 13.2. The van der Waals surface area contributed by atoms with Gasteiger partial charge in [-0.2, -0.15) is 0 Å². The number of carbonyl (C=O) groups excluding carboxylic acids is 3. The van der Waals surface area contributed by atoms with E-state index in [4.69, 9.17) is 14.2 Å². The second-order valence-electron chi connectivity index (χ2n) is 8.33. The van der Waals surface area contributed by atoms with E-state index in [1.54, 1.807) is 62.3 Å². The average molecular weight is 436 g/mol. The van der Waals surface area contributed by atoms with Crippen molar-refractivity contribution >= 4 is 23.6 Å². The van der Waals surface area contributed by atoms with Crippen LogP contribution in [0.15, 0.2) is 48.5 Å². The number of para-hydroxylation sites is 1. The van der Waals surface area contributed by atoms with Crippen molar-refractivity contribution in [3.8, 4) is 11.5 Å². The lowest BCUT2D eigenvalue weighted by atomic mass is 9.77. The van der Waals surface area contributed by atoms with E-state index in [-0.39, 0.29) is 13.2 Å². The first-order valence-corrected chi connectivity index (χ1v) is 10.6. The molecule has 0 spiro atoms. The van der Waals surface area contributed by atoms with Crippen LogP contribution in [-0.4, -0.2) is 48.7 Å². The lowest BCUT2D eigenvalue weighted by molar-refractivity contribution is -0.154. The number of amides is 3. The van der Waals surface area contributed by atoms with Crippen LogP contribution in [0.4, 0.5) is 10.5 Å². The van der Waals surface area contributed by atoms with Gasteiger partial charge in [0.25, 0.3) is 5.91 Å². The monoisotopic (exact) mass is 436 g/mol.